The van der Waals surface area contributed by atoms with Gasteiger partial charge in [0.15, 0.2) is 0 Å². The third-order valence-corrected chi connectivity index (χ3v) is 4.91. The minimum absolute atomic E-state index is 0.0543. The molecule has 0 spiro atoms. The highest BCUT2D eigenvalue weighted by Crippen LogP contribution is 2.58. The Balaban J connectivity index is 1.67. The molecule has 5 heteroatoms. The van der Waals surface area contributed by atoms with Crippen LogP contribution in [0, 0.1) is 17.8 Å². The molecule has 1 N–H and O–H groups in total. The number of rotatable bonds is 4. The van der Waals surface area contributed by atoms with Crippen LogP contribution in [-0.4, -0.2) is 47.7 Å². The molecule has 1 heterocycles. The summed E-state index contributed by atoms with van der Waals surface area (Å²) >= 11 is 0. The predicted octanol–water partition coefficient (Wildman–Crippen LogP) is 1.12. The smallest absolute Gasteiger partial charge is 0.323 e. The van der Waals surface area contributed by atoms with Crippen molar-refractivity contribution < 1.29 is 19.4 Å². The fraction of sp³-hybridized carbons (Fsp3) is 0.857. The Morgan fingerprint density at radius 1 is 1.11 bits per heavy atom. The zero-order valence-electron chi connectivity index (χ0n) is 11.1. The van der Waals surface area contributed by atoms with Gasteiger partial charge in [-0.05, 0) is 37.5 Å². The Morgan fingerprint density at radius 3 is 2.32 bits per heavy atom. The molecule has 1 aliphatic heterocycles. The number of hydrogen-bond acceptors (Lipinski definition) is 3. The lowest BCUT2D eigenvalue weighted by atomic mass is 10.0. The summed E-state index contributed by atoms with van der Waals surface area (Å²) in [5.41, 5.74) is 0. The fourth-order valence-electron chi connectivity index (χ4n) is 3.91. The molecular weight excluding hydrogens is 246 g/mol. The van der Waals surface area contributed by atoms with Gasteiger partial charge in [-0.3, -0.25) is 9.59 Å². The van der Waals surface area contributed by atoms with Gasteiger partial charge in [-0.25, -0.2) is 0 Å². The third kappa shape index (κ3) is 2.48. The number of carbonyl (C=O) groups is 2. The summed E-state index contributed by atoms with van der Waals surface area (Å²) in [6.45, 7) is 1.11. The van der Waals surface area contributed by atoms with E-state index in [0.717, 1.165) is 25.7 Å². The van der Waals surface area contributed by atoms with E-state index in [2.05, 4.69) is 0 Å². The SMILES string of the molecule is O=C(O)CN(C(=O)C1[C@@H]2CCC[C@@H]12)C1CCOCC1. The van der Waals surface area contributed by atoms with Crippen LogP contribution in [0.15, 0.2) is 0 Å². The van der Waals surface area contributed by atoms with Crippen LogP contribution in [0.5, 0.6) is 0 Å². The van der Waals surface area contributed by atoms with Gasteiger partial charge in [0.25, 0.3) is 0 Å². The normalized spacial score (nSPS) is 33.8. The number of carboxylic acids is 1. The van der Waals surface area contributed by atoms with Crippen molar-refractivity contribution in [3.63, 3.8) is 0 Å². The molecule has 2 atom stereocenters. The minimum atomic E-state index is -0.911. The number of carbonyl (C=O) groups excluding carboxylic acids is 1. The highest BCUT2D eigenvalue weighted by Gasteiger charge is 2.58. The number of aliphatic carboxylic acids is 1. The maximum Gasteiger partial charge on any atom is 0.323 e. The number of carboxylic acid groups (broad SMARTS) is 1. The van der Waals surface area contributed by atoms with Crippen molar-refractivity contribution in [2.24, 2.45) is 17.8 Å². The first kappa shape index (κ1) is 12.9. The number of fused-ring (bicyclic) bond motifs is 1. The number of ether oxygens (including phenoxy) is 1. The van der Waals surface area contributed by atoms with Gasteiger partial charge in [0, 0.05) is 25.2 Å². The van der Waals surface area contributed by atoms with Crippen LogP contribution in [0.2, 0.25) is 0 Å². The number of nitrogens with zero attached hydrogens (tertiary/aromatic N) is 1. The van der Waals surface area contributed by atoms with Crippen molar-refractivity contribution in [2.75, 3.05) is 19.8 Å². The van der Waals surface area contributed by atoms with Gasteiger partial charge in [-0.1, -0.05) is 6.42 Å². The highest BCUT2D eigenvalue weighted by atomic mass is 16.5. The van der Waals surface area contributed by atoms with Crippen molar-refractivity contribution in [1.29, 1.82) is 0 Å². The summed E-state index contributed by atoms with van der Waals surface area (Å²) in [6, 6.07) is 0.0543. The average Bonchev–Trinajstić information content (AvgIpc) is 2.89. The second kappa shape index (κ2) is 5.12. The molecular formula is C14H21NO4. The van der Waals surface area contributed by atoms with Crippen LogP contribution < -0.4 is 0 Å². The highest BCUT2D eigenvalue weighted by molar-refractivity contribution is 5.86. The fourth-order valence-corrected chi connectivity index (χ4v) is 3.91. The summed E-state index contributed by atoms with van der Waals surface area (Å²) in [6.07, 6.45) is 5.06. The molecule has 0 aromatic heterocycles. The van der Waals surface area contributed by atoms with E-state index in [-0.39, 0.29) is 24.4 Å². The van der Waals surface area contributed by atoms with Gasteiger partial charge in [-0.2, -0.15) is 0 Å². The minimum Gasteiger partial charge on any atom is -0.480 e. The molecule has 1 saturated heterocycles. The van der Waals surface area contributed by atoms with Crippen molar-refractivity contribution in [1.82, 2.24) is 4.90 Å². The van der Waals surface area contributed by atoms with Crippen LogP contribution >= 0.6 is 0 Å². The van der Waals surface area contributed by atoms with Crippen LogP contribution in [-0.2, 0) is 14.3 Å². The van der Waals surface area contributed by atoms with Gasteiger partial charge in [0.1, 0.15) is 6.54 Å². The van der Waals surface area contributed by atoms with Crippen molar-refractivity contribution in [3.05, 3.63) is 0 Å². The van der Waals surface area contributed by atoms with Crippen molar-refractivity contribution in [2.45, 2.75) is 38.1 Å². The summed E-state index contributed by atoms with van der Waals surface area (Å²) < 4.78 is 5.30. The molecule has 0 unspecified atom stereocenters. The first-order chi connectivity index (χ1) is 9.18. The largest absolute Gasteiger partial charge is 0.480 e. The van der Waals surface area contributed by atoms with Gasteiger partial charge < -0.3 is 14.7 Å². The van der Waals surface area contributed by atoms with Crippen LogP contribution in [0.3, 0.4) is 0 Å². The van der Waals surface area contributed by atoms with Gasteiger partial charge >= 0.3 is 5.97 Å². The van der Waals surface area contributed by atoms with E-state index >= 15 is 0 Å². The Kier molecular flexibility index (Phi) is 3.48. The first-order valence-corrected chi connectivity index (χ1v) is 7.28. The second-order valence-electron chi connectivity index (χ2n) is 5.99. The van der Waals surface area contributed by atoms with E-state index in [9.17, 15) is 9.59 Å². The first-order valence-electron chi connectivity index (χ1n) is 7.28. The van der Waals surface area contributed by atoms with E-state index < -0.39 is 5.97 Å². The summed E-state index contributed by atoms with van der Waals surface area (Å²) in [5, 5.41) is 9.04. The Labute approximate surface area is 112 Å². The lowest BCUT2D eigenvalue weighted by Gasteiger charge is -2.33. The summed E-state index contributed by atoms with van der Waals surface area (Å²) in [7, 11) is 0. The molecule has 0 bridgehead atoms. The van der Waals surface area contributed by atoms with Crippen molar-refractivity contribution >= 4 is 11.9 Å². The summed E-state index contributed by atoms with van der Waals surface area (Å²) in [4.78, 5) is 25.2. The molecule has 3 rings (SSSR count). The lowest BCUT2D eigenvalue weighted by Crippen LogP contribution is -2.47. The third-order valence-electron chi connectivity index (χ3n) is 4.91. The van der Waals surface area contributed by atoms with E-state index in [0.29, 0.717) is 25.0 Å². The maximum atomic E-state index is 12.6. The molecule has 2 aliphatic carbocycles. The molecule has 1 amide bonds. The zero-order valence-corrected chi connectivity index (χ0v) is 11.1. The Bertz CT molecular complexity index is 368. The van der Waals surface area contributed by atoms with Gasteiger partial charge in [0.05, 0.1) is 0 Å². The quantitative estimate of drug-likeness (QED) is 0.829. The molecule has 0 radical (unpaired) electrons. The predicted molar refractivity (Wildman–Crippen MR) is 67.5 cm³/mol. The molecule has 5 nitrogen and oxygen atoms in total. The van der Waals surface area contributed by atoms with Gasteiger partial charge in [-0.15, -0.1) is 0 Å². The summed E-state index contributed by atoms with van der Waals surface area (Å²) in [5.74, 6) is 0.387. The molecule has 2 saturated carbocycles. The molecule has 0 aromatic rings. The Hall–Kier alpha value is -1.10. The second-order valence-corrected chi connectivity index (χ2v) is 5.99. The van der Waals surface area contributed by atoms with E-state index in [1.165, 1.54) is 6.42 Å². The maximum absolute atomic E-state index is 12.6. The number of amides is 1. The molecule has 106 valence electrons. The van der Waals surface area contributed by atoms with Crippen LogP contribution in [0.4, 0.5) is 0 Å². The van der Waals surface area contributed by atoms with Crippen molar-refractivity contribution in [3.8, 4) is 0 Å². The van der Waals surface area contributed by atoms with E-state index in [4.69, 9.17) is 9.84 Å². The van der Waals surface area contributed by atoms with Crippen LogP contribution in [0.1, 0.15) is 32.1 Å². The standard InChI is InChI=1S/C14H21NO4/c16-12(17)8-15(9-4-6-19-7-5-9)14(18)13-10-2-1-3-11(10)13/h9-11,13H,1-8H2,(H,16,17)/t10-,11-/m1/s1. The zero-order chi connectivity index (χ0) is 13.4. The van der Waals surface area contributed by atoms with Crippen LogP contribution in [0.25, 0.3) is 0 Å². The molecule has 0 aromatic carbocycles. The van der Waals surface area contributed by atoms with E-state index in [1.54, 1.807) is 4.90 Å². The molecule has 19 heavy (non-hydrogen) atoms. The number of hydrogen-bond donors (Lipinski definition) is 1. The van der Waals surface area contributed by atoms with E-state index in [1.807, 2.05) is 0 Å². The topological polar surface area (TPSA) is 66.8 Å². The monoisotopic (exact) mass is 267 g/mol. The molecule has 3 aliphatic rings. The average molecular weight is 267 g/mol. The molecule has 3 fully saturated rings. The lowest BCUT2D eigenvalue weighted by molar-refractivity contribution is -0.148. The Morgan fingerprint density at radius 2 is 1.74 bits per heavy atom. The van der Waals surface area contributed by atoms with Gasteiger partial charge in [0.2, 0.25) is 5.91 Å².